The molecule has 0 atom stereocenters. The number of hydrazone groups is 1. The van der Waals surface area contributed by atoms with Gasteiger partial charge in [-0.15, -0.1) is 0 Å². The summed E-state index contributed by atoms with van der Waals surface area (Å²) in [4.78, 5) is 23.7. The van der Waals surface area contributed by atoms with Crippen molar-refractivity contribution in [2.24, 2.45) is 5.10 Å². The van der Waals surface area contributed by atoms with E-state index in [1.165, 1.54) is 0 Å². The topological polar surface area (TPSA) is 104 Å². The molecule has 2 rings (SSSR count). The van der Waals surface area contributed by atoms with Crippen molar-refractivity contribution in [3.8, 4) is 6.07 Å². The van der Waals surface area contributed by atoms with Crippen LogP contribution in [0.2, 0.25) is 0 Å². The second-order valence-electron chi connectivity index (χ2n) is 4.81. The van der Waals surface area contributed by atoms with E-state index in [1.54, 1.807) is 49.4 Å². The van der Waals surface area contributed by atoms with Crippen LogP contribution in [-0.2, 0) is 9.53 Å². The number of para-hydroxylation sites is 1. The smallest absolute Gasteiger partial charge is 0.369 e. The van der Waals surface area contributed by atoms with E-state index in [-0.39, 0.29) is 12.5 Å². The number of nitrogens with one attached hydrogen (secondary N) is 2. The highest BCUT2D eigenvalue weighted by atomic mass is 16.5. The van der Waals surface area contributed by atoms with Gasteiger partial charge in [-0.1, -0.05) is 24.3 Å². The third-order valence-electron chi connectivity index (χ3n) is 3.03. The molecule has 0 radical (unpaired) electrons. The van der Waals surface area contributed by atoms with Gasteiger partial charge in [0.15, 0.2) is 0 Å². The molecule has 2 N–H and O–H groups in total. The first-order valence-corrected chi connectivity index (χ1v) is 7.51. The molecule has 0 bridgehead atoms. The van der Waals surface area contributed by atoms with Crippen LogP contribution in [0.5, 0.6) is 0 Å². The van der Waals surface area contributed by atoms with E-state index in [9.17, 15) is 9.59 Å². The van der Waals surface area contributed by atoms with Crippen LogP contribution < -0.4 is 10.7 Å². The normalized spacial score (nSPS) is 10.5. The van der Waals surface area contributed by atoms with Crippen molar-refractivity contribution in [1.82, 2.24) is 0 Å². The van der Waals surface area contributed by atoms with Gasteiger partial charge in [-0.25, -0.2) is 4.79 Å². The van der Waals surface area contributed by atoms with Gasteiger partial charge < -0.3 is 10.1 Å². The van der Waals surface area contributed by atoms with Crippen LogP contribution in [0, 0.1) is 11.3 Å². The highest BCUT2D eigenvalue weighted by Gasteiger charge is 2.12. The lowest BCUT2D eigenvalue weighted by molar-refractivity contribution is -0.134. The summed E-state index contributed by atoms with van der Waals surface area (Å²) in [6.07, 6.45) is 0. The summed E-state index contributed by atoms with van der Waals surface area (Å²) < 4.78 is 4.72. The highest BCUT2D eigenvalue weighted by Crippen LogP contribution is 2.13. The van der Waals surface area contributed by atoms with Crippen molar-refractivity contribution < 1.29 is 14.3 Å². The number of hydrogen-bond donors (Lipinski definition) is 2. The maximum atomic E-state index is 12.3. The Hall–Kier alpha value is -3.66. The SMILES string of the molecule is CCOC(=O)/C(C#N)=N/Nc1cccc(C(=O)Nc2ccccc2)c1. The number of esters is 1. The van der Waals surface area contributed by atoms with E-state index in [2.05, 4.69) is 15.8 Å². The fourth-order valence-electron chi connectivity index (χ4n) is 1.89. The number of nitrogens with zero attached hydrogens (tertiary/aromatic N) is 2. The number of carbonyl (C=O) groups excluding carboxylic acids is 2. The largest absolute Gasteiger partial charge is 0.461 e. The Labute approximate surface area is 144 Å². The number of benzene rings is 2. The molecule has 0 unspecified atom stereocenters. The van der Waals surface area contributed by atoms with Gasteiger partial charge in [-0.05, 0) is 37.3 Å². The monoisotopic (exact) mass is 336 g/mol. The van der Waals surface area contributed by atoms with Crippen LogP contribution >= 0.6 is 0 Å². The van der Waals surface area contributed by atoms with Crippen molar-refractivity contribution in [3.05, 3.63) is 60.2 Å². The van der Waals surface area contributed by atoms with Gasteiger partial charge in [-0.2, -0.15) is 10.4 Å². The van der Waals surface area contributed by atoms with E-state index in [4.69, 9.17) is 10.00 Å². The summed E-state index contributed by atoms with van der Waals surface area (Å²) >= 11 is 0. The molecule has 0 aromatic heterocycles. The Balaban J connectivity index is 2.09. The van der Waals surface area contributed by atoms with Crippen LogP contribution in [0.1, 0.15) is 17.3 Å². The van der Waals surface area contributed by atoms with Gasteiger partial charge >= 0.3 is 5.97 Å². The molecule has 25 heavy (non-hydrogen) atoms. The highest BCUT2D eigenvalue weighted by molar-refractivity contribution is 6.43. The number of hydrogen-bond acceptors (Lipinski definition) is 6. The Bertz CT molecular complexity index is 826. The fraction of sp³-hybridized carbons (Fsp3) is 0.111. The lowest BCUT2D eigenvalue weighted by Crippen LogP contribution is -2.17. The number of nitriles is 1. The van der Waals surface area contributed by atoms with Crippen molar-refractivity contribution in [1.29, 1.82) is 5.26 Å². The molecular formula is C18H16N4O3. The first-order chi connectivity index (χ1) is 12.1. The van der Waals surface area contributed by atoms with Crippen molar-refractivity contribution in [3.63, 3.8) is 0 Å². The molecule has 2 aromatic carbocycles. The molecule has 0 aliphatic heterocycles. The predicted octanol–water partition coefficient (Wildman–Crippen LogP) is 2.79. The van der Waals surface area contributed by atoms with Gasteiger partial charge in [0.05, 0.1) is 12.3 Å². The number of anilines is 2. The van der Waals surface area contributed by atoms with Crippen LogP contribution in [0.15, 0.2) is 59.7 Å². The van der Waals surface area contributed by atoms with Crippen molar-refractivity contribution in [2.45, 2.75) is 6.92 Å². The molecule has 0 fully saturated rings. The maximum absolute atomic E-state index is 12.3. The van der Waals surface area contributed by atoms with Gasteiger partial charge in [0.1, 0.15) is 6.07 Å². The average Bonchev–Trinajstić information content (AvgIpc) is 2.63. The minimum absolute atomic E-state index is 0.147. The van der Waals surface area contributed by atoms with Crippen molar-refractivity contribution >= 4 is 29.0 Å². The van der Waals surface area contributed by atoms with E-state index in [0.717, 1.165) is 0 Å². The maximum Gasteiger partial charge on any atom is 0.369 e. The second-order valence-corrected chi connectivity index (χ2v) is 4.81. The molecule has 0 saturated carbocycles. The minimum atomic E-state index is -0.810. The number of rotatable bonds is 6. The van der Waals surface area contributed by atoms with E-state index in [1.807, 2.05) is 18.2 Å². The molecule has 7 heteroatoms. The lowest BCUT2D eigenvalue weighted by atomic mass is 10.2. The van der Waals surface area contributed by atoms with Gasteiger partial charge in [0.2, 0.25) is 5.71 Å². The van der Waals surface area contributed by atoms with E-state index < -0.39 is 11.7 Å². The quantitative estimate of drug-likeness (QED) is 0.479. The summed E-state index contributed by atoms with van der Waals surface area (Å²) in [7, 11) is 0. The van der Waals surface area contributed by atoms with Crippen LogP contribution in [0.3, 0.4) is 0 Å². The summed E-state index contributed by atoms with van der Waals surface area (Å²) in [5.41, 5.74) is 3.71. The molecule has 0 spiro atoms. The van der Waals surface area contributed by atoms with Crippen LogP contribution in [0.4, 0.5) is 11.4 Å². The molecule has 126 valence electrons. The second kappa shape index (κ2) is 8.84. The van der Waals surface area contributed by atoms with Crippen LogP contribution in [0.25, 0.3) is 0 Å². The summed E-state index contributed by atoms with van der Waals surface area (Å²) in [5, 5.41) is 15.4. The zero-order valence-electron chi connectivity index (χ0n) is 13.5. The number of amides is 1. The predicted molar refractivity (Wildman–Crippen MR) is 94.1 cm³/mol. The Morgan fingerprint density at radius 1 is 1.12 bits per heavy atom. The van der Waals surface area contributed by atoms with Crippen molar-refractivity contribution in [2.75, 3.05) is 17.3 Å². The standard InChI is InChI=1S/C18H16N4O3/c1-2-25-18(24)16(12-19)22-21-15-10-6-7-13(11-15)17(23)20-14-8-4-3-5-9-14/h3-11,21H,2H2,1H3,(H,20,23)/b22-16+. The molecule has 0 aliphatic carbocycles. The van der Waals surface area contributed by atoms with Gasteiger partial charge in [-0.3, -0.25) is 10.2 Å². The van der Waals surface area contributed by atoms with E-state index in [0.29, 0.717) is 16.9 Å². The summed E-state index contributed by atoms with van der Waals surface area (Å²) in [6, 6.07) is 17.2. The van der Waals surface area contributed by atoms with E-state index >= 15 is 0 Å². The molecule has 0 heterocycles. The fourth-order valence-corrected chi connectivity index (χ4v) is 1.89. The number of carbonyl (C=O) groups is 2. The Kier molecular flexibility index (Phi) is 6.25. The van der Waals surface area contributed by atoms with Gasteiger partial charge in [0.25, 0.3) is 5.91 Å². The Morgan fingerprint density at radius 2 is 1.84 bits per heavy atom. The van der Waals surface area contributed by atoms with Gasteiger partial charge in [0, 0.05) is 11.3 Å². The minimum Gasteiger partial charge on any atom is -0.461 e. The Morgan fingerprint density at radius 3 is 2.52 bits per heavy atom. The molecular weight excluding hydrogens is 320 g/mol. The molecule has 2 aromatic rings. The summed E-state index contributed by atoms with van der Waals surface area (Å²) in [6.45, 7) is 1.78. The molecule has 0 aliphatic rings. The molecule has 1 amide bonds. The summed E-state index contributed by atoms with van der Waals surface area (Å²) in [5.74, 6) is -1.10. The third kappa shape index (κ3) is 5.18. The average molecular weight is 336 g/mol. The zero-order chi connectivity index (χ0) is 18.1. The molecule has 7 nitrogen and oxygen atoms in total. The lowest BCUT2D eigenvalue weighted by Gasteiger charge is -2.07. The third-order valence-corrected chi connectivity index (χ3v) is 3.03. The van der Waals surface area contributed by atoms with Crippen LogP contribution in [-0.4, -0.2) is 24.2 Å². The first kappa shape index (κ1) is 17.7. The first-order valence-electron chi connectivity index (χ1n) is 7.51. The number of ether oxygens (including phenoxy) is 1. The zero-order valence-corrected chi connectivity index (χ0v) is 13.5. The molecule has 0 saturated heterocycles.